The zero-order valence-corrected chi connectivity index (χ0v) is 17.5. The number of aromatic nitrogens is 4. The number of amides is 1. The van der Waals surface area contributed by atoms with Crippen LogP contribution in [-0.2, 0) is 4.79 Å². The Bertz CT molecular complexity index is 1030. The fraction of sp³-hybridized carbons (Fsp3) is 0.455. The largest absolute Gasteiger partial charge is 0.354 e. The first-order chi connectivity index (χ1) is 14.0. The average Bonchev–Trinajstić information content (AvgIpc) is 3.07. The van der Waals surface area contributed by atoms with E-state index in [0.29, 0.717) is 6.54 Å². The molecule has 7 heteroatoms. The van der Waals surface area contributed by atoms with E-state index in [1.807, 2.05) is 55.8 Å². The first-order valence-electron chi connectivity index (χ1n) is 10.3. The number of carbonyl (C=O) groups excluding carboxylic acids is 1. The molecule has 0 unspecified atom stereocenters. The van der Waals surface area contributed by atoms with E-state index >= 15 is 0 Å². The number of piperidine rings is 1. The lowest BCUT2D eigenvalue weighted by Crippen LogP contribution is -2.45. The molecule has 1 atom stereocenters. The van der Waals surface area contributed by atoms with E-state index in [0.717, 1.165) is 53.2 Å². The highest BCUT2D eigenvalue weighted by Crippen LogP contribution is 2.31. The number of anilines is 1. The molecule has 1 amide bonds. The number of carbonyl (C=O) groups is 1. The van der Waals surface area contributed by atoms with Crippen LogP contribution in [0.2, 0.25) is 0 Å². The molecule has 0 radical (unpaired) electrons. The Morgan fingerprint density at radius 2 is 1.93 bits per heavy atom. The van der Waals surface area contributed by atoms with Crippen molar-refractivity contribution in [2.24, 2.45) is 5.92 Å². The second-order valence-corrected chi connectivity index (χ2v) is 8.11. The summed E-state index contributed by atoms with van der Waals surface area (Å²) in [5.74, 6) is 0.846. The average molecular weight is 393 g/mol. The monoisotopic (exact) mass is 392 g/mol. The highest BCUT2D eigenvalue weighted by atomic mass is 16.2. The van der Waals surface area contributed by atoms with Crippen LogP contribution in [0.3, 0.4) is 0 Å². The summed E-state index contributed by atoms with van der Waals surface area (Å²) < 4.78 is 1.96. The molecule has 3 heterocycles. The zero-order chi connectivity index (χ0) is 20.5. The van der Waals surface area contributed by atoms with Crippen LogP contribution in [0.15, 0.2) is 30.3 Å². The molecule has 0 aliphatic carbocycles. The number of para-hydroxylation sites is 1. The summed E-state index contributed by atoms with van der Waals surface area (Å²) in [4.78, 5) is 14.7. The van der Waals surface area contributed by atoms with E-state index in [1.54, 1.807) is 0 Å². The summed E-state index contributed by atoms with van der Waals surface area (Å²) in [6.45, 7) is 9.52. The van der Waals surface area contributed by atoms with Gasteiger partial charge in [-0.05, 0) is 52.7 Å². The van der Waals surface area contributed by atoms with Gasteiger partial charge in [-0.15, -0.1) is 5.10 Å². The number of nitrogens with one attached hydrogen (secondary N) is 1. The fourth-order valence-electron chi connectivity index (χ4n) is 4.13. The van der Waals surface area contributed by atoms with Crippen LogP contribution >= 0.6 is 0 Å². The first kappa shape index (κ1) is 19.4. The number of benzene rings is 1. The molecule has 1 N–H and O–H groups in total. The van der Waals surface area contributed by atoms with Crippen molar-refractivity contribution >= 4 is 22.6 Å². The molecule has 1 saturated heterocycles. The third kappa shape index (κ3) is 3.69. The molecular weight excluding hydrogens is 364 g/mol. The van der Waals surface area contributed by atoms with Crippen molar-refractivity contribution in [2.75, 3.05) is 18.0 Å². The lowest BCUT2D eigenvalue weighted by molar-refractivity contribution is -0.125. The summed E-state index contributed by atoms with van der Waals surface area (Å²) in [5, 5.41) is 17.9. The molecule has 1 fully saturated rings. The van der Waals surface area contributed by atoms with Gasteiger partial charge >= 0.3 is 0 Å². The maximum Gasteiger partial charge on any atom is 0.225 e. The number of rotatable bonds is 4. The number of nitrogens with zero attached hydrogens (tertiary/aromatic N) is 5. The van der Waals surface area contributed by atoms with Crippen molar-refractivity contribution in [1.29, 1.82) is 0 Å². The Hall–Kier alpha value is -2.96. The van der Waals surface area contributed by atoms with Crippen LogP contribution in [-0.4, -0.2) is 45.0 Å². The van der Waals surface area contributed by atoms with Gasteiger partial charge in [0.05, 0.1) is 28.4 Å². The predicted molar refractivity (Wildman–Crippen MR) is 114 cm³/mol. The van der Waals surface area contributed by atoms with Crippen LogP contribution in [0.5, 0.6) is 0 Å². The van der Waals surface area contributed by atoms with Crippen molar-refractivity contribution in [3.8, 4) is 5.69 Å². The third-order valence-electron chi connectivity index (χ3n) is 5.51. The second-order valence-electron chi connectivity index (χ2n) is 8.11. The summed E-state index contributed by atoms with van der Waals surface area (Å²) in [6.07, 6.45) is 1.85. The lowest BCUT2D eigenvalue weighted by atomic mass is 9.96. The van der Waals surface area contributed by atoms with E-state index < -0.39 is 0 Å². The molecule has 1 aliphatic heterocycles. The molecule has 1 aromatic carbocycles. The molecule has 29 heavy (non-hydrogen) atoms. The minimum Gasteiger partial charge on any atom is -0.354 e. The highest BCUT2D eigenvalue weighted by Gasteiger charge is 2.29. The minimum absolute atomic E-state index is 0.0402. The molecule has 0 saturated carbocycles. The molecular formula is C22H28N6O. The Balaban J connectivity index is 1.73. The van der Waals surface area contributed by atoms with E-state index in [2.05, 4.69) is 27.3 Å². The van der Waals surface area contributed by atoms with Gasteiger partial charge in [-0.1, -0.05) is 18.2 Å². The minimum atomic E-state index is -0.0402. The smallest absolute Gasteiger partial charge is 0.225 e. The lowest BCUT2D eigenvalue weighted by Gasteiger charge is -2.33. The maximum absolute atomic E-state index is 12.6. The third-order valence-corrected chi connectivity index (χ3v) is 5.51. The van der Waals surface area contributed by atoms with E-state index in [4.69, 9.17) is 5.10 Å². The number of fused-ring (bicyclic) bond motifs is 1. The summed E-state index contributed by atoms with van der Waals surface area (Å²) in [6, 6.07) is 10.2. The van der Waals surface area contributed by atoms with Gasteiger partial charge in [-0.2, -0.15) is 10.2 Å². The maximum atomic E-state index is 12.6. The van der Waals surface area contributed by atoms with Crippen molar-refractivity contribution in [3.63, 3.8) is 0 Å². The van der Waals surface area contributed by atoms with E-state index in [9.17, 15) is 4.79 Å². The second kappa shape index (κ2) is 7.81. The summed E-state index contributed by atoms with van der Waals surface area (Å²) in [5.41, 5.74) is 3.78. The molecule has 7 nitrogen and oxygen atoms in total. The Morgan fingerprint density at radius 3 is 2.66 bits per heavy atom. The van der Waals surface area contributed by atoms with E-state index in [1.165, 1.54) is 0 Å². The Labute approximate surface area is 171 Å². The zero-order valence-electron chi connectivity index (χ0n) is 17.5. The van der Waals surface area contributed by atoms with Gasteiger partial charge in [-0.3, -0.25) is 4.79 Å². The van der Waals surface area contributed by atoms with Gasteiger partial charge in [0, 0.05) is 19.1 Å². The number of hydrogen-bond donors (Lipinski definition) is 1. The van der Waals surface area contributed by atoms with Gasteiger partial charge in [-0.25, -0.2) is 4.68 Å². The highest BCUT2D eigenvalue weighted by molar-refractivity contribution is 5.92. The molecule has 3 aromatic rings. The van der Waals surface area contributed by atoms with Crippen molar-refractivity contribution < 1.29 is 4.79 Å². The molecule has 2 aromatic heterocycles. The quantitative estimate of drug-likeness (QED) is 0.738. The molecule has 152 valence electrons. The van der Waals surface area contributed by atoms with Crippen LogP contribution in [0.25, 0.3) is 16.6 Å². The SMILES string of the molecule is Cc1nnc(N2CCC[C@@H](C(=O)NC(C)C)C2)c2nn(-c3ccccc3)c(C)c12. The van der Waals surface area contributed by atoms with Crippen molar-refractivity contribution in [2.45, 2.75) is 46.6 Å². The van der Waals surface area contributed by atoms with Crippen LogP contribution in [0, 0.1) is 19.8 Å². The van der Waals surface area contributed by atoms with Gasteiger partial charge < -0.3 is 10.2 Å². The van der Waals surface area contributed by atoms with Crippen LogP contribution in [0.4, 0.5) is 5.82 Å². The standard InChI is InChI=1S/C22H28N6O/c1-14(2)23-22(29)17-9-8-12-27(13-17)21-20-19(15(3)24-25-21)16(4)28(26-20)18-10-6-5-7-11-18/h5-7,10-11,14,17H,8-9,12-13H2,1-4H3,(H,23,29)/t17-/m1/s1. The van der Waals surface area contributed by atoms with Crippen LogP contribution < -0.4 is 10.2 Å². The van der Waals surface area contributed by atoms with Gasteiger partial charge in [0.1, 0.15) is 5.52 Å². The predicted octanol–water partition coefficient (Wildman–Crippen LogP) is 3.17. The van der Waals surface area contributed by atoms with Crippen molar-refractivity contribution in [3.05, 3.63) is 41.7 Å². The number of hydrogen-bond acceptors (Lipinski definition) is 5. The summed E-state index contributed by atoms with van der Waals surface area (Å²) >= 11 is 0. The molecule has 0 spiro atoms. The van der Waals surface area contributed by atoms with Gasteiger partial charge in [0.2, 0.25) is 5.91 Å². The van der Waals surface area contributed by atoms with Crippen molar-refractivity contribution in [1.82, 2.24) is 25.3 Å². The molecule has 0 bridgehead atoms. The topological polar surface area (TPSA) is 75.9 Å². The summed E-state index contributed by atoms with van der Waals surface area (Å²) in [7, 11) is 0. The Kier molecular flexibility index (Phi) is 5.22. The molecule has 1 aliphatic rings. The molecule has 4 rings (SSSR count). The van der Waals surface area contributed by atoms with Crippen LogP contribution in [0.1, 0.15) is 38.1 Å². The normalized spacial score (nSPS) is 17.1. The fourth-order valence-corrected chi connectivity index (χ4v) is 4.13. The first-order valence-corrected chi connectivity index (χ1v) is 10.3. The van der Waals surface area contributed by atoms with Gasteiger partial charge in [0.15, 0.2) is 5.82 Å². The number of aryl methyl sites for hydroxylation is 2. The Morgan fingerprint density at radius 1 is 1.17 bits per heavy atom. The van der Waals surface area contributed by atoms with Gasteiger partial charge in [0.25, 0.3) is 0 Å². The van der Waals surface area contributed by atoms with E-state index in [-0.39, 0.29) is 17.9 Å².